The van der Waals surface area contributed by atoms with Gasteiger partial charge in [-0.05, 0) is 25.0 Å². The van der Waals surface area contributed by atoms with Gasteiger partial charge >= 0.3 is 5.97 Å². The van der Waals surface area contributed by atoms with E-state index in [1.807, 2.05) is 4.90 Å². The number of nitrogens with zero attached hydrogens (tertiary/aromatic N) is 1. The van der Waals surface area contributed by atoms with Crippen LogP contribution in [0.5, 0.6) is 0 Å². The van der Waals surface area contributed by atoms with E-state index < -0.39 is 5.97 Å². The van der Waals surface area contributed by atoms with E-state index in [-0.39, 0.29) is 18.1 Å². The third-order valence-corrected chi connectivity index (χ3v) is 5.03. The maximum Gasteiger partial charge on any atom is 0.348 e. The fourth-order valence-electron chi connectivity index (χ4n) is 2.88. The average molecular weight is 325 g/mol. The summed E-state index contributed by atoms with van der Waals surface area (Å²) in [4.78, 5) is 26.9. The first-order valence-electron chi connectivity index (χ1n) is 7.39. The van der Waals surface area contributed by atoms with Gasteiger partial charge in [0.2, 0.25) is 0 Å². The van der Waals surface area contributed by atoms with E-state index >= 15 is 0 Å². The molecule has 1 aromatic rings. The molecule has 0 spiro atoms. The van der Waals surface area contributed by atoms with Crippen LogP contribution in [0.2, 0.25) is 0 Å². The van der Waals surface area contributed by atoms with E-state index in [1.165, 1.54) is 18.4 Å². The Bertz CT molecular complexity index is 552. The van der Waals surface area contributed by atoms with Gasteiger partial charge in [0.15, 0.2) is 6.29 Å². The van der Waals surface area contributed by atoms with Crippen LogP contribution in [0.1, 0.15) is 32.2 Å². The lowest BCUT2D eigenvalue weighted by molar-refractivity contribution is -0.0969. The number of rotatable bonds is 3. The van der Waals surface area contributed by atoms with Gasteiger partial charge in [0.1, 0.15) is 4.88 Å². The van der Waals surface area contributed by atoms with Gasteiger partial charge in [-0.3, -0.25) is 4.79 Å². The molecule has 0 bridgehead atoms. The lowest BCUT2D eigenvalue weighted by Crippen LogP contribution is -2.43. The van der Waals surface area contributed by atoms with Crippen LogP contribution < -0.4 is 0 Å². The number of carbonyl (C=O) groups is 2. The van der Waals surface area contributed by atoms with Crippen LogP contribution in [0.25, 0.3) is 0 Å². The Morgan fingerprint density at radius 1 is 1.27 bits per heavy atom. The second-order valence-electron chi connectivity index (χ2n) is 5.42. The summed E-state index contributed by atoms with van der Waals surface area (Å²) in [6.45, 7) is 2.62. The normalized spacial score (nSPS) is 22.8. The van der Waals surface area contributed by atoms with Crippen LogP contribution in [-0.4, -0.2) is 56.5 Å². The fraction of sp³-hybridized carbons (Fsp3) is 0.600. The van der Waals surface area contributed by atoms with E-state index in [1.54, 1.807) is 12.1 Å². The molecule has 22 heavy (non-hydrogen) atoms. The smallest absolute Gasteiger partial charge is 0.348 e. The summed E-state index contributed by atoms with van der Waals surface area (Å²) in [6, 6.07) is 3.32. The van der Waals surface area contributed by atoms with Crippen LogP contribution in [0, 0.1) is 5.92 Å². The zero-order valence-corrected chi connectivity index (χ0v) is 13.3. The highest BCUT2D eigenvalue weighted by atomic mass is 32.1. The Hall–Kier alpha value is -1.44. The molecule has 1 unspecified atom stereocenters. The van der Waals surface area contributed by atoms with Crippen molar-refractivity contribution in [3.63, 3.8) is 0 Å². The first-order valence-corrected chi connectivity index (χ1v) is 8.21. The molecule has 7 heteroatoms. The molecule has 2 aliphatic heterocycles. The summed E-state index contributed by atoms with van der Waals surface area (Å²) in [5.41, 5.74) is 0. The van der Waals surface area contributed by atoms with Gasteiger partial charge in [-0.15, -0.1) is 11.3 Å². The Balaban J connectivity index is 1.66. The molecule has 3 heterocycles. The number of methoxy groups -OCH3 is 1. The highest BCUT2D eigenvalue weighted by molar-refractivity contribution is 7.15. The van der Waals surface area contributed by atoms with Crippen LogP contribution in [0.15, 0.2) is 12.1 Å². The van der Waals surface area contributed by atoms with Crippen molar-refractivity contribution in [1.82, 2.24) is 4.90 Å². The van der Waals surface area contributed by atoms with E-state index in [9.17, 15) is 9.59 Å². The van der Waals surface area contributed by atoms with Crippen molar-refractivity contribution < 1.29 is 23.8 Å². The predicted octanol–water partition coefficient (Wildman–Crippen LogP) is 1.76. The highest BCUT2D eigenvalue weighted by Crippen LogP contribution is 2.27. The van der Waals surface area contributed by atoms with Crippen molar-refractivity contribution in [1.29, 1.82) is 0 Å². The zero-order valence-electron chi connectivity index (χ0n) is 12.4. The molecule has 2 aliphatic rings. The van der Waals surface area contributed by atoms with Crippen LogP contribution in [0.3, 0.4) is 0 Å². The van der Waals surface area contributed by atoms with Crippen molar-refractivity contribution in [2.24, 2.45) is 5.92 Å². The molecule has 0 aliphatic carbocycles. The van der Waals surface area contributed by atoms with Crippen molar-refractivity contribution in [2.45, 2.75) is 19.1 Å². The topological polar surface area (TPSA) is 65.1 Å². The number of hydrogen-bond acceptors (Lipinski definition) is 6. The first-order chi connectivity index (χ1) is 10.7. The minimum atomic E-state index is -0.409. The number of thiophene rings is 1. The number of likely N-dealkylation sites (tertiary alicyclic amines) is 1. The van der Waals surface area contributed by atoms with Crippen LogP contribution in [0.4, 0.5) is 0 Å². The molecule has 2 fully saturated rings. The minimum Gasteiger partial charge on any atom is -0.465 e. The number of carbonyl (C=O) groups excluding carboxylic acids is 2. The van der Waals surface area contributed by atoms with Gasteiger partial charge in [0.05, 0.1) is 25.2 Å². The quantitative estimate of drug-likeness (QED) is 0.792. The molecule has 3 rings (SSSR count). The monoisotopic (exact) mass is 325 g/mol. The molecule has 1 amide bonds. The molecule has 120 valence electrons. The SMILES string of the molecule is COC(=O)c1ccc(C(=O)N2CCCC(C3OCCO3)C2)s1. The van der Waals surface area contributed by atoms with E-state index in [4.69, 9.17) is 9.47 Å². The van der Waals surface area contributed by atoms with Gasteiger partial charge in [-0.25, -0.2) is 4.79 Å². The second-order valence-corrected chi connectivity index (χ2v) is 6.50. The van der Waals surface area contributed by atoms with Gasteiger partial charge in [0, 0.05) is 19.0 Å². The molecule has 6 nitrogen and oxygen atoms in total. The van der Waals surface area contributed by atoms with E-state index in [0.717, 1.165) is 19.4 Å². The Morgan fingerprint density at radius 3 is 2.73 bits per heavy atom. The lowest BCUT2D eigenvalue weighted by atomic mass is 9.97. The average Bonchev–Trinajstić information content (AvgIpc) is 3.25. The Morgan fingerprint density at radius 2 is 2.00 bits per heavy atom. The highest BCUT2D eigenvalue weighted by Gasteiger charge is 2.33. The standard InChI is InChI=1S/C15H19NO5S/c1-19-14(18)12-5-4-11(22-12)13(17)16-6-2-3-10(9-16)15-20-7-8-21-15/h4-5,10,15H,2-3,6-9H2,1H3. The van der Waals surface area contributed by atoms with Crippen molar-refractivity contribution in [3.05, 3.63) is 21.9 Å². The summed E-state index contributed by atoms with van der Waals surface area (Å²) in [7, 11) is 1.33. The van der Waals surface area contributed by atoms with Gasteiger partial charge in [-0.2, -0.15) is 0 Å². The Kier molecular flexibility index (Phi) is 4.75. The van der Waals surface area contributed by atoms with Crippen molar-refractivity contribution >= 4 is 23.2 Å². The fourth-order valence-corrected chi connectivity index (χ4v) is 3.78. The largest absolute Gasteiger partial charge is 0.465 e. The molecule has 0 saturated carbocycles. The molecule has 0 aromatic carbocycles. The number of piperidine rings is 1. The third-order valence-electron chi connectivity index (χ3n) is 3.98. The molecule has 0 radical (unpaired) electrons. The van der Waals surface area contributed by atoms with E-state index in [0.29, 0.717) is 29.5 Å². The summed E-state index contributed by atoms with van der Waals surface area (Å²) in [5, 5.41) is 0. The number of hydrogen-bond donors (Lipinski definition) is 0. The number of ether oxygens (including phenoxy) is 3. The summed E-state index contributed by atoms with van der Waals surface area (Å²) < 4.78 is 15.8. The summed E-state index contributed by atoms with van der Waals surface area (Å²) >= 11 is 1.17. The van der Waals surface area contributed by atoms with Crippen LogP contribution >= 0.6 is 11.3 Å². The minimum absolute atomic E-state index is 0.0390. The van der Waals surface area contributed by atoms with E-state index in [2.05, 4.69) is 4.74 Å². The zero-order chi connectivity index (χ0) is 15.5. The molecule has 1 atom stereocenters. The Labute approximate surface area is 132 Å². The van der Waals surface area contributed by atoms with Gasteiger partial charge in [0.25, 0.3) is 5.91 Å². The third kappa shape index (κ3) is 3.16. The van der Waals surface area contributed by atoms with Gasteiger partial charge in [-0.1, -0.05) is 0 Å². The predicted molar refractivity (Wildman–Crippen MR) is 80.0 cm³/mol. The number of amides is 1. The first kappa shape index (κ1) is 15.5. The van der Waals surface area contributed by atoms with Crippen molar-refractivity contribution in [2.75, 3.05) is 33.4 Å². The second kappa shape index (κ2) is 6.76. The maximum atomic E-state index is 12.6. The van der Waals surface area contributed by atoms with Crippen molar-refractivity contribution in [3.8, 4) is 0 Å². The number of esters is 1. The summed E-state index contributed by atoms with van der Waals surface area (Å²) in [6.07, 6.45) is 1.76. The molecular formula is C15H19NO5S. The molecule has 1 aromatic heterocycles. The summed E-state index contributed by atoms with van der Waals surface area (Å²) in [5.74, 6) is -0.226. The molecular weight excluding hydrogens is 306 g/mol. The molecule has 0 N–H and O–H groups in total. The van der Waals surface area contributed by atoms with Crippen LogP contribution in [-0.2, 0) is 14.2 Å². The maximum absolute atomic E-state index is 12.6. The van der Waals surface area contributed by atoms with Gasteiger partial charge < -0.3 is 19.1 Å². The molecule has 2 saturated heterocycles. The lowest BCUT2D eigenvalue weighted by Gasteiger charge is -2.34.